The number of carbonyl (C=O) groups is 2. The molecular weight excluding hydrogens is 261 g/mol. The van der Waals surface area contributed by atoms with Gasteiger partial charge in [0, 0.05) is 12.0 Å². The summed E-state index contributed by atoms with van der Waals surface area (Å²) < 4.78 is 13.0. The number of unbranched alkanes of at least 4 members (excludes halogenated alkanes) is 2. The van der Waals surface area contributed by atoms with Crippen LogP contribution >= 0.6 is 0 Å². The number of benzene rings is 1. The third-order valence-corrected chi connectivity index (χ3v) is 2.77. The van der Waals surface area contributed by atoms with Gasteiger partial charge < -0.3 is 11.1 Å². The predicted molar refractivity (Wildman–Crippen MR) is 70.9 cm³/mol. The number of nitriles is 1. The van der Waals surface area contributed by atoms with Crippen molar-refractivity contribution in [3.05, 3.63) is 35.6 Å². The fourth-order valence-corrected chi connectivity index (χ4v) is 1.71. The van der Waals surface area contributed by atoms with Crippen molar-refractivity contribution in [2.75, 3.05) is 0 Å². The average Bonchev–Trinajstić information content (AvgIpc) is 2.41. The zero-order valence-corrected chi connectivity index (χ0v) is 10.9. The molecule has 0 aromatic heterocycles. The SMILES string of the molecule is N#CCCCC[C@H](NC(=O)c1cccc(F)c1)C(N)=O. The standard InChI is InChI=1S/C14H16FN3O2/c15-11-6-4-5-10(9-11)14(20)18-12(13(17)19)7-2-1-3-8-16/h4-6,9,12H,1-3,7H2,(H2,17,19)(H,18,20)/t12-/m0/s1. The average molecular weight is 277 g/mol. The van der Waals surface area contributed by atoms with Crippen molar-refractivity contribution >= 4 is 11.8 Å². The summed E-state index contributed by atoms with van der Waals surface area (Å²) in [6.07, 6.45) is 1.99. The van der Waals surface area contributed by atoms with Crippen LogP contribution in [0.2, 0.25) is 0 Å². The van der Waals surface area contributed by atoms with Crippen molar-refractivity contribution in [3.8, 4) is 6.07 Å². The Morgan fingerprint density at radius 1 is 1.40 bits per heavy atom. The molecule has 0 bridgehead atoms. The normalized spacial score (nSPS) is 11.4. The molecule has 0 radical (unpaired) electrons. The van der Waals surface area contributed by atoms with Crippen LogP contribution in [0.3, 0.4) is 0 Å². The minimum Gasteiger partial charge on any atom is -0.368 e. The Bertz CT molecular complexity index is 525. The van der Waals surface area contributed by atoms with Crippen molar-refractivity contribution in [2.45, 2.75) is 31.7 Å². The maximum absolute atomic E-state index is 13.0. The fourth-order valence-electron chi connectivity index (χ4n) is 1.71. The van der Waals surface area contributed by atoms with Gasteiger partial charge in [0.1, 0.15) is 11.9 Å². The number of rotatable bonds is 7. The molecule has 1 aromatic rings. The molecular formula is C14H16FN3O2. The number of nitrogens with one attached hydrogen (secondary N) is 1. The van der Waals surface area contributed by atoms with Gasteiger partial charge >= 0.3 is 0 Å². The van der Waals surface area contributed by atoms with Crippen LogP contribution in [0, 0.1) is 17.1 Å². The first kappa shape index (κ1) is 15.6. The predicted octanol–water partition coefficient (Wildman–Crippen LogP) is 1.49. The molecule has 0 saturated heterocycles. The summed E-state index contributed by atoms with van der Waals surface area (Å²) in [5.41, 5.74) is 5.35. The lowest BCUT2D eigenvalue weighted by Gasteiger charge is -2.15. The van der Waals surface area contributed by atoms with Crippen molar-refractivity contribution in [1.29, 1.82) is 5.26 Å². The first-order valence-electron chi connectivity index (χ1n) is 6.27. The van der Waals surface area contributed by atoms with Gasteiger partial charge in [0.15, 0.2) is 0 Å². The number of hydrogen-bond donors (Lipinski definition) is 2. The molecule has 0 fully saturated rings. The Kier molecular flexibility index (Phi) is 6.17. The van der Waals surface area contributed by atoms with Gasteiger partial charge in [0.2, 0.25) is 5.91 Å². The van der Waals surface area contributed by atoms with Gasteiger partial charge in [-0.05, 0) is 37.5 Å². The molecule has 0 aliphatic rings. The highest BCUT2D eigenvalue weighted by atomic mass is 19.1. The third-order valence-electron chi connectivity index (χ3n) is 2.77. The van der Waals surface area contributed by atoms with Crippen molar-refractivity contribution in [2.24, 2.45) is 5.73 Å². The Hall–Kier alpha value is -2.42. The quantitative estimate of drug-likeness (QED) is 0.739. The molecule has 0 unspecified atom stereocenters. The monoisotopic (exact) mass is 277 g/mol. The molecule has 0 aliphatic carbocycles. The zero-order chi connectivity index (χ0) is 15.0. The van der Waals surface area contributed by atoms with Crippen LogP contribution < -0.4 is 11.1 Å². The molecule has 5 nitrogen and oxygen atoms in total. The van der Waals surface area contributed by atoms with E-state index in [0.29, 0.717) is 25.7 Å². The summed E-state index contributed by atoms with van der Waals surface area (Å²) in [4.78, 5) is 23.1. The van der Waals surface area contributed by atoms with Crippen LogP contribution in [0.1, 0.15) is 36.0 Å². The van der Waals surface area contributed by atoms with E-state index in [-0.39, 0.29) is 5.56 Å². The highest BCUT2D eigenvalue weighted by Crippen LogP contribution is 2.07. The van der Waals surface area contributed by atoms with Crippen molar-refractivity contribution in [3.63, 3.8) is 0 Å². The van der Waals surface area contributed by atoms with Crippen LogP contribution in [0.25, 0.3) is 0 Å². The number of primary amides is 1. The fraction of sp³-hybridized carbons (Fsp3) is 0.357. The molecule has 106 valence electrons. The Balaban J connectivity index is 2.59. The number of hydrogen-bond acceptors (Lipinski definition) is 3. The molecule has 1 atom stereocenters. The van der Waals surface area contributed by atoms with E-state index in [9.17, 15) is 14.0 Å². The number of nitrogens with two attached hydrogens (primary N) is 1. The second-order valence-corrected chi connectivity index (χ2v) is 4.34. The number of amides is 2. The number of nitrogens with zero attached hydrogens (tertiary/aromatic N) is 1. The van der Waals surface area contributed by atoms with Crippen molar-refractivity contribution in [1.82, 2.24) is 5.32 Å². The lowest BCUT2D eigenvalue weighted by Crippen LogP contribution is -2.44. The van der Waals surface area contributed by atoms with Gasteiger partial charge in [-0.25, -0.2) is 4.39 Å². The van der Waals surface area contributed by atoms with E-state index in [4.69, 9.17) is 11.0 Å². The summed E-state index contributed by atoms with van der Waals surface area (Å²) in [6.45, 7) is 0. The lowest BCUT2D eigenvalue weighted by molar-refractivity contribution is -0.120. The minimum atomic E-state index is -0.815. The van der Waals surface area contributed by atoms with Crippen LogP contribution in [0.4, 0.5) is 4.39 Å². The first-order chi connectivity index (χ1) is 9.54. The molecule has 3 N–H and O–H groups in total. The van der Waals surface area contributed by atoms with Gasteiger partial charge in [-0.2, -0.15) is 5.26 Å². The van der Waals surface area contributed by atoms with E-state index >= 15 is 0 Å². The molecule has 0 heterocycles. The van der Waals surface area contributed by atoms with Crippen molar-refractivity contribution < 1.29 is 14.0 Å². The zero-order valence-electron chi connectivity index (χ0n) is 10.9. The van der Waals surface area contributed by atoms with E-state index in [0.717, 1.165) is 6.07 Å². The molecule has 0 aliphatic heterocycles. The van der Waals surface area contributed by atoms with E-state index in [1.165, 1.54) is 18.2 Å². The molecule has 20 heavy (non-hydrogen) atoms. The highest BCUT2D eigenvalue weighted by Gasteiger charge is 2.18. The molecule has 0 saturated carbocycles. The Labute approximate surface area is 116 Å². The van der Waals surface area contributed by atoms with E-state index in [2.05, 4.69) is 5.32 Å². The van der Waals surface area contributed by atoms with Crippen LogP contribution in [-0.4, -0.2) is 17.9 Å². The second kappa shape index (κ2) is 7.89. The summed E-state index contributed by atoms with van der Waals surface area (Å²) >= 11 is 0. The lowest BCUT2D eigenvalue weighted by atomic mass is 10.1. The van der Waals surface area contributed by atoms with Gasteiger partial charge in [-0.1, -0.05) is 6.07 Å². The smallest absolute Gasteiger partial charge is 0.252 e. The van der Waals surface area contributed by atoms with E-state index in [1.807, 2.05) is 6.07 Å². The Morgan fingerprint density at radius 3 is 2.75 bits per heavy atom. The van der Waals surface area contributed by atoms with Crippen LogP contribution in [0.15, 0.2) is 24.3 Å². The minimum absolute atomic E-state index is 0.133. The summed E-state index contributed by atoms with van der Waals surface area (Å²) in [7, 11) is 0. The molecule has 1 rings (SSSR count). The number of halogens is 1. The topological polar surface area (TPSA) is 96.0 Å². The Morgan fingerprint density at radius 2 is 2.15 bits per heavy atom. The molecule has 6 heteroatoms. The second-order valence-electron chi connectivity index (χ2n) is 4.34. The molecule has 2 amide bonds. The van der Waals surface area contributed by atoms with Gasteiger partial charge in [-0.3, -0.25) is 9.59 Å². The largest absolute Gasteiger partial charge is 0.368 e. The molecule has 1 aromatic carbocycles. The highest BCUT2D eigenvalue weighted by molar-refractivity contribution is 5.97. The summed E-state index contributed by atoms with van der Waals surface area (Å²) in [5, 5.41) is 10.9. The maximum Gasteiger partial charge on any atom is 0.252 e. The maximum atomic E-state index is 13.0. The summed E-state index contributed by atoms with van der Waals surface area (Å²) in [6, 6.07) is 6.36. The first-order valence-corrected chi connectivity index (χ1v) is 6.27. The molecule has 0 spiro atoms. The number of carbonyl (C=O) groups excluding carboxylic acids is 2. The van der Waals surface area contributed by atoms with Gasteiger partial charge in [0.05, 0.1) is 6.07 Å². The summed E-state index contributed by atoms with van der Waals surface area (Å²) in [5.74, 6) is -1.72. The van der Waals surface area contributed by atoms with E-state index < -0.39 is 23.7 Å². The van der Waals surface area contributed by atoms with Crippen LogP contribution in [-0.2, 0) is 4.79 Å². The van der Waals surface area contributed by atoms with Gasteiger partial charge in [-0.15, -0.1) is 0 Å². The van der Waals surface area contributed by atoms with Crippen LogP contribution in [0.5, 0.6) is 0 Å². The van der Waals surface area contributed by atoms with Gasteiger partial charge in [0.25, 0.3) is 5.91 Å². The third kappa shape index (κ3) is 5.06. The van der Waals surface area contributed by atoms with E-state index in [1.54, 1.807) is 0 Å².